The average Bonchev–Trinajstić information content (AvgIpc) is 2.37. The SMILES string of the molecule is O=C(Nc1cc(F)ccc1[N+](=O)[O-])c1ccc(F)cc1Br. The Morgan fingerprint density at radius 3 is 2.38 bits per heavy atom. The molecule has 5 nitrogen and oxygen atoms in total. The molecule has 108 valence electrons. The molecule has 0 unspecified atom stereocenters. The number of carbonyl (C=O) groups excluding carboxylic acids is 1. The van der Waals surface area contributed by atoms with E-state index < -0.39 is 28.2 Å². The number of carbonyl (C=O) groups is 1. The molecule has 2 aromatic carbocycles. The smallest absolute Gasteiger partial charge is 0.292 e. The maximum absolute atomic E-state index is 13.2. The molecule has 0 radical (unpaired) electrons. The first-order valence-electron chi connectivity index (χ1n) is 5.59. The Hall–Kier alpha value is -2.35. The van der Waals surface area contributed by atoms with Crippen molar-refractivity contribution in [3.8, 4) is 0 Å². The largest absolute Gasteiger partial charge is 0.316 e. The zero-order chi connectivity index (χ0) is 15.6. The Kier molecular flexibility index (Phi) is 4.27. The summed E-state index contributed by atoms with van der Waals surface area (Å²) in [4.78, 5) is 22.1. The summed E-state index contributed by atoms with van der Waals surface area (Å²) in [6.45, 7) is 0. The normalized spacial score (nSPS) is 10.2. The van der Waals surface area contributed by atoms with Crippen molar-refractivity contribution in [2.24, 2.45) is 0 Å². The van der Waals surface area contributed by atoms with Gasteiger partial charge < -0.3 is 5.32 Å². The van der Waals surface area contributed by atoms with Gasteiger partial charge in [0.05, 0.1) is 10.5 Å². The first-order chi connectivity index (χ1) is 9.88. The number of halogens is 3. The molecule has 0 aliphatic carbocycles. The number of nitrogens with zero attached hydrogens (tertiary/aromatic N) is 1. The van der Waals surface area contributed by atoms with E-state index in [-0.39, 0.29) is 15.7 Å². The van der Waals surface area contributed by atoms with E-state index in [0.717, 1.165) is 30.3 Å². The van der Waals surface area contributed by atoms with E-state index >= 15 is 0 Å². The van der Waals surface area contributed by atoms with Crippen molar-refractivity contribution in [3.63, 3.8) is 0 Å². The zero-order valence-electron chi connectivity index (χ0n) is 10.3. The Morgan fingerprint density at radius 2 is 1.76 bits per heavy atom. The van der Waals surface area contributed by atoms with Gasteiger partial charge in [-0.2, -0.15) is 0 Å². The lowest BCUT2D eigenvalue weighted by Gasteiger charge is -2.07. The van der Waals surface area contributed by atoms with Crippen molar-refractivity contribution in [1.29, 1.82) is 0 Å². The van der Waals surface area contributed by atoms with Gasteiger partial charge in [-0.05, 0) is 40.2 Å². The lowest BCUT2D eigenvalue weighted by atomic mass is 10.2. The molecule has 0 saturated heterocycles. The summed E-state index contributed by atoms with van der Waals surface area (Å²) in [5.74, 6) is -2.00. The lowest BCUT2D eigenvalue weighted by molar-refractivity contribution is -0.384. The van der Waals surface area contributed by atoms with Crippen LogP contribution in [0.2, 0.25) is 0 Å². The van der Waals surface area contributed by atoms with Crippen LogP contribution in [-0.2, 0) is 0 Å². The van der Waals surface area contributed by atoms with E-state index in [2.05, 4.69) is 21.2 Å². The van der Waals surface area contributed by atoms with Crippen LogP contribution < -0.4 is 5.32 Å². The molecule has 0 aromatic heterocycles. The van der Waals surface area contributed by atoms with E-state index in [1.807, 2.05) is 0 Å². The summed E-state index contributed by atoms with van der Waals surface area (Å²) >= 11 is 3.01. The van der Waals surface area contributed by atoms with Gasteiger partial charge in [-0.1, -0.05) is 0 Å². The molecule has 1 N–H and O–H groups in total. The van der Waals surface area contributed by atoms with Crippen LogP contribution in [0.5, 0.6) is 0 Å². The first kappa shape index (κ1) is 15.0. The van der Waals surface area contributed by atoms with Crippen LogP contribution in [0.1, 0.15) is 10.4 Å². The van der Waals surface area contributed by atoms with Gasteiger partial charge in [-0.3, -0.25) is 14.9 Å². The van der Waals surface area contributed by atoms with Gasteiger partial charge in [-0.15, -0.1) is 0 Å². The average molecular weight is 357 g/mol. The molecule has 2 aromatic rings. The Balaban J connectivity index is 2.35. The van der Waals surface area contributed by atoms with Gasteiger partial charge in [0.2, 0.25) is 0 Å². The third kappa shape index (κ3) is 3.40. The summed E-state index contributed by atoms with van der Waals surface area (Å²) in [5.41, 5.74) is -0.654. The van der Waals surface area contributed by atoms with Crippen LogP contribution in [-0.4, -0.2) is 10.8 Å². The molecule has 1 amide bonds. The second kappa shape index (κ2) is 5.96. The number of anilines is 1. The quantitative estimate of drug-likeness (QED) is 0.669. The minimum absolute atomic E-state index is 0.0648. The van der Waals surface area contributed by atoms with Gasteiger partial charge in [0.25, 0.3) is 11.6 Å². The molecule has 8 heteroatoms. The van der Waals surface area contributed by atoms with Crippen molar-refractivity contribution < 1.29 is 18.5 Å². The summed E-state index contributed by atoms with van der Waals surface area (Å²) in [6, 6.07) is 6.06. The second-order valence-electron chi connectivity index (χ2n) is 4.00. The van der Waals surface area contributed by atoms with Crippen LogP contribution in [0.15, 0.2) is 40.9 Å². The van der Waals surface area contributed by atoms with Crippen LogP contribution in [0, 0.1) is 21.7 Å². The fraction of sp³-hybridized carbons (Fsp3) is 0. The van der Waals surface area contributed by atoms with Crippen molar-refractivity contribution in [2.75, 3.05) is 5.32 Å². The molecule has 0 spiro atoms. The number of hydrogen-bond acceptors (Lipinski definition) is 3. The summed E-state index contributed by atoms with van der Waals surface area (Å²) < 4.78 is 26.3. The van der Waals surface area contributed by atoms with Crippen LogP contribution in [0.4, 0.5) is 20.2 Å². The Labute approximate surface area is 125 Å². The number of hydrogen-bond donors (Lipinski definition) is 1. The molecule has 0 aliphatic rings. The maximum atomic E-state index is 13.2. The van der Waals surface area contributed by atoms with E-state index in [4.69, 9.17) is 0 Å². The topological polar surface area (TPSA) is 72.2 Å². The predicted octanol–water partition coefficient (Wildman–Crippen LogP) is 3.89. The van der Waals surface area contributed by atoms with E-state index in [1.54, 1.807) is 0 Å². The predicted molar refractivity (Wildman–Crippen MR) is 75.1 cm³/mol. The fourth-order valence-corrected chi connectivity index (χ4v) is 2.16. The Morgan fingerprint density at radius 1 is 1.14 bits per heavy atom. The molecule has 0 fully saturated rings. The molecular weight excluding hydrogens is 350 g/mol. The highest BCUT2D eigenvalue weighted by Gasteiger charge is 2.18. The summed E-state index contributed by atoms with van der Waals surface area (Å²) in [6.07, 6.45) is 0. The minimum Gasteiger partial charge on any atom is -0.316 e. The third-order valence-corrected chi connectivity index (χ3v) is 3.24. The van der Waals surface area contributed by atoms with Gasteiger partial charge in [-0.25, -0.2) is 8.78 Å². The molecular formula is C13H7BrF2N2O3. The van der Waals surface area contributed by atoms with Gasteiger partial charge in [0, 0.05) is 16.6 Å². The van der Waals surface area contributed by atoms with Crippen molar-refractivity contribution in [2.45, 2.75) is 0 Å². The first-order valence-corrected chi connectivity index (χ1v) is 6.38. The van der Waals surface area contributed by atoms with Crippen molar-refractivity contribution in [3.05, 3.63) is 68.2 Å². The standard InChI is InChI=1S/C13H7BrF2N2O3/c14-10-5-7(15)1-3-9(10)13(19)17-11-6-8(16)2-4-12(11)18(20)21/h1-6H,(H,17,19). The molecule has 0 heterocycles. The minimum atomic E-state index is -0.741. The van der Waals surface area contributed by atoms with Crippen LogP contribution in [0.3, 0.4) is 0 Å². The van der Waals surface area contributed by atoms with Crippen LogP contribution in [0.25, 0.3) is 0 Å². The van der Waals surface area contributed by atoms with Crippen LogP contribution >= 0.6 is 15.9 Å². The third-order valence-electron chi connectivity index (χ3n) is 2.58. The van der Waals surface area contributed by atoms with Gasteiger partial charge >= 0.3 is 0 Å². The van der Waals surface area contributed by atoms with Gasteiger partial charge in [0.15, 0.2) is 0 Å². The molecule has 21 heavy (non-hydrogen) atoms. The summed E-state index contributed by atoms with van der Waals surface area (Å²) in [5, 5.41) is 13.1. The molecule has 0 saturated carbocycles. The number of nitro groups is 1. The number of amides is 1. The van der Waals surface area contributed by atoms with E-state index in [0.29, 0.717) is 0 Å². The zero-order valence-corrected chi connectivity index (χ0v) is 11.9. The highest BCUT2D eigenvalue weighted by Crippen LogP contribution is 2.26. The van der Waals surface area contributed by atoms with Crippen molar-refractivity contribution >= 4 is 33.2 Å². The Bertz CT molecular complexity index is 737. The highest BCUT2D eigenvalue weighted by molar-refractivity contribution is 9.10. The number of rotatable bonds is 3. The number of nitro benzene ring substituents is 1. The molecule has 0 atom stereocenters. The maximum Gasteiger partial charge on any atom is 0.292 e. The lowest BCUT2D eigenvalue weighted by Crippen LogP contribution is -2.14. The monoisotopic (exact) mass is 356 g/mol. The highest BCUT2D eigenvalue weighted by atomic mass is 79.9. The fourth-order valence-electron chi connectivity index (χ4n) is 1.63. The van der Waals surface area contributed by atoms with E-state index in [1.165, 1.54) is 6.07 Å². The molecule has 0 bridgehead atoms. The number of benzene rings is 2. The van der Waals surface area contributed by atoms with Gasteiger partial charge in [0.1, 0.15) is 17.3 Å². The van der Waals surface area contributed by atoms with Crippen molar-refractivity contribution in [1.82, 2.24) is 0 Å². The summed E-state index contributed by atoms with van der Waals surface area (Å²) in [7, 11) is 0. The molecule has 0 aliphatic heterocycles. The van der Waals surface area contributed by atoms with E-state index in [9.17, 15) is 23.7 Å². The second-order valence-corrected chi connectivity index (χ2v) is 4.85. The molecule has 2 rings (SSSR count). The number of nitrogens with one attached hydrogen (secondary N) is 1.